The van der Waals surface area contributed by atoms with Crippen LogP contribution >= 0.6 is 11.6 Å². The third-order valence-corrected chi connectivity index (χ3v) is 3.92. The Morgan fingerprint density at radius 3 is 2.54 bits per heavy atom. The second-order valence-electron chi connectivity index (χ2n) is 2.75. The molecule has 1 rings (SSSR count). The van der Waals surface area contributed by atoms with Gasteiger partial charge in [-0.05, 0) is 0 Å². The van der Waals surface area contributed by atoms with E-state index < -0.39 is 0 Å². The van der Waals surface area contributed by atoms with Gasteiger partial charge < -0.3 is 0 Å². The standard InChI is InChI=1S/C10H11ClOSe/c1-8(12)6-7-13-10-4-2-9(11)3-5-10/h2-5H,6-7H2,1H3. The summed E-state index contributed by atoms with van der Waals surface area (Å²) in [6, 6.07) is 7.85. The fourth-order valence-electron chi connectivity index (χ4n) is 0.843. The minimum absolute atomic E-state index is 0.274. The van der Waals surface area contributed by atoms with Crippen LogP contribution in [0.5, 0.6) is 0 Å². The van der Waals surface area contributed by atoms with Crippen LogP contribution in [0, 0.1) is 0 Å². The molecule has 1 aromatic carbocycles. The first-order valence-electron chi connectivity index (χ1n) is 4.06. The molecule has 0 fully saturated rings. The molecule has 0 aliphatic rings. The van der Waals surface area contributed by atoms with E-state index in [9.17, 15) is 4.79 Å². The second-order valence-corrected chi connectivity index (χ2v) is 5.64. The Morgan fingerprint density at radius 1 is 1.38 bits per heavy atom. The van der Waals surface area contributed by atoms with Crippen molar-refractivity contribution in [3.63, 3.8) is 0 Å². The molecule has 0 unspecified atom stereocenters. The van der Waals surface area contributed by atoms with Crippen LogP contribution in [0.4, 0.5) is 0 Å². The van der Waals surface area contributed by atoms with Gasteiger partial charge in [-0.2, -0.15) is 0 Å². The van der Waals surface area contributed by atoms with Crippen molar-refractivity contribution >= 4 is 36.8 Å². The van der Waals surface area contributed by atoms with Crippen molar-refractivity contribution in [1.29, 1.82) is 0 Å². The predicted octanol–water partition coefficient (Wildman–Crippen LogP) is 2.07. The quantitative estimate of drug-likeness (QED) is 0.759. The van der Waals surface area contributed by atoms with E-state index in [2.05, 4.69) is 0 Å². The number of hydrogen-bond donors (Lipinski definition) is 0. The zero-order valence-corrected chi connectivity index (χ0v) is 9.89. The van der Waals surface area contributed by atoms with Crippen LogP contribution in [0.1, 0.15) is 13.3 Å². The zero-order chi connectivity index (χ0) is 9.68. The number of ketones is 1. The van der Waals surface area contributed by atoms with Crippen LogP contribution in [-0.4, -0.2) is 20.7 Å². The van der Waals surface area contributed by atoms with Gasteiger partial charge in [0.25, 0.3) is 0 Å². The third-order valence-electron chi connectivity index (χ3n) is 1.54. The molecule has 0 aliphatic carbocycles. The molecule has 0 heterocycles. The molecule has 0 saturated carbocycles. The van der Waals surface area contributed by atoms with Crippen LogP contribution in [0.3, 0.4) is 0 Å². The summed E-state index contributed by atoms with van der Waals surface area (Å²) < 4.78 is 1.30. The van der Waals surface area contributed by atoms with Crippen molar-refractivity contribution in [3.05, 3.63) is 29.3 Å². The maximum atomic E-state index is 10.7. The van der Waals surface area contributed by atoms with Gasteiger partial charge >= 0.3 is 89.5 Å². The third kappa shape index (κ3) is 4.47. The van der Waals surface area contributed by atoms with Crippen LogP contribution in [0.15, 0.2) is 24.3 Å². The van der Waals surface area contributed by atoms with Crippen molar-refractivity contribution in [2.24, 2.45) is 0 Å². The van der Waals surface area contributed by atoms with Crippen LogP contribution in [0.2, 0.25) is 10.3 Å². The second kappa shape index (κ2) is 5.43. The SMILES string of the molecule is CC(=O)CC[Se]c1ccc(Cl)cc1. The van der Waals surface area contributed by atoms with E-state index in [0.29, 0.717) is 21.4 Å². The van der Waals surface area contributed by atoms with E-state index in [1.54, 1.807) is 6.92 Å². The summed E-state index contributed by atoms with van der Waals surface area (Å²) in [6.45, 7) is 1.64. The summed E-state index contributed by atoms with van der Waals surface area (Å²) in [5.74, 6) is 0.274. The van der Waals surface area contributed by atoms with Gasteiger partial charge in [0.15, 0.2) is 0 Å². The van der Waals surface area contributed by atoms with Gasteiger partial charge in [0.1, 0.15) is 0 Å². The van der Waals surface area contributed by atoms with Crippen molar-refractivity contribution in [2.75, 3.05) is 0 Å². The molecule has 13 heavy (non-hydrogen) atoms. The Bertz CT molecular complexity index is 281. The topological polar surface area (TPSA) is 17.1 Å². The summed E-state index contributed by atoms with van der Waals surface area (Å²) in [7, 11) is 0. The van der Waals surface area contributed by atoms with E-state index in [1.165, 1.54) is 4.46 Å². The van der Waals surface area contributed by atoms with Crippen molar-refractivity contribution in [1.82, 2.24) is 0 Å². The van der Waals surface area contributed by atoms with E-state index in [-0.39, 0.29) is 5.78 Å². The molecule has 0 radical (unpaired) electrons. The van der Waals surface area contributed by atoms with Gasteiger partial charge in [0, 0.05) is 0 Å². The monoisotopic (exact) mass is 262 g/mol. The number of rotatable bonds is 4. The number of Topliss-reactive ketones (excluding diaryl/α,β-unsaturated/α-hetero) is 1. The molecule has 0 spiro atoms. The fourth-order valence-corrected chi connectivity index (χ4v) is 2.97. The zero-order valence-electron chi connectivity index (χ0n) is 7.42. The molecular formula is C10H11ClOSe. The van der Waals surface area contributed by atoms with E-state index in [0.717, 1.165) is 10.3 Å². The number of halogens is 1. The molecule has 0 amide bonds. The maximum absolute atomic E-state index is 10.7. The Morgan fingerprint density at radius 2 is 2.00 bits per heavy atom. The molecule has 1 aromatic rings. The molecular weight excluding hydrogens is 251 g/mol. The average Bonchev–Trinajstić information content (AvgIpc) is 2.08. The minimum atomic E-state index is 0.274. The van der Waals surface area contributed by atoms with Gasteiger partial charge in [-0.25, -0.2) is 0 Å². The van der Waals surface area contributed by atoms with Gasteiger partial charge in [0.05, 0.1) is 0 Å². The van der Waals surface area contributed by atoms with Crippen LogP contribution in [-0.2, 0) is 4.79 Å². The first-order valence-corrected chi connectivity index (χ1v) is 6.51. The number of carbonyl (C=O) groups excluding carboxylic acids is 1. The summed E-state index contributed by atoms with van der Waals surface area (Å²) >= 11 is 6.16. The van der Waals surface area contributed by atoms with E-state index in [4.69, 9.17) is 11.6 Å². The van der Waals surface area contributed by atoms with Gasteiger partial charge in [-0.3, -0.25) is 0 Å². The van der Waals surface area contributed by atoms with Crippen molar-refractivity contribution in [2.45, 2.75) is 18.7 Å². The van der Waals surface area contributed by atoms with E-state index >= 15 is 0 Å². The predicted molar refractivity (Wildman–Crippen MR) is 56.9 cm³/mol. The Balaban J connectivity index is 2.37. The number of benzene rings is 1. The molecule has 0 bridgehead atoms. The Labute approximate surface area is 89.6 Å². The van der Waals surface area contributed by atoms with Crippen molar-refractivity contribution in [3.8, 4) is 0 Å². The first-order chi connectivity index (χ1) is 6.18. The fraction of sp³-hybridized carbons (Fsp3) is 0.300. The van der Waals surface area contributed by atoms with Gasteiger partial charge in [-0.1, -0.05) is 0 Å². The number of hydrogen-bond acceptors (Lipinski definition) is 1. The summed E-state index contributed by atoms with van der Waals surface area (Å²) in [5, 5.41) is 1.76. The van der Waals surface area contributed by atoms with Gasteiger partial charge in [-0.15, -0.1) is 0 Å². The summed E-state index contributed by atoms with van der Waals surface area (Å²) in [5.41, 5.74) is 0. The number of carbonyl (C=O) groups is 1. The first kappa shape index (κ1) is 10.8. The molecule has 1 nitrogen and oxygen atoms in total. The molecule has 0 aromatic heterocycles. The average molecular weight is 262 g/mol. The Hall–Kier alpha value is -0.301. The molecule has 3 heteroatoms. The normalized spacial score (nSPS) is 10.0. The molecule has 0 aliphatic heterocycles. The molecule has 70 valence electrons. The summed E-state index contributed by atoms with van der Waals surface area (Å²) in [4.78, 5) is 10.7. The van der Waals surface area contributed by atoms with Gasteiger partial charge in [0.2, 0.25) is 0 Å². The van der Waals surface area contributed by atoms with E-state index in [1.807, 2.05) is 24.3 Å². The molecule has 0 N–H and O–H groups in total. The molecule has 0 atom stereocenters. The van der Waals surface area contributed by atoms with Crippen molar-refractivity contribution < 1.29 is 4.79 Å². The molecule has 0 saturated heterocycles. The van der Waals surface area contributed by atoms with Crippen LogP contribution < -0.4 is 4.46 Å². The Kier molecular flexibility index (Phi) is 4.51. The van der Waals surface area contributed by atoms with Crippen LogP contribution in [0.25, 0.3) is 0 Å². The summed E-state index contributed by atoms with van der Waals surface area (Å²) in [6.07, 6.45) is 0.697.